The fraction of sp³-hybridized carbons (Fsp3) is 0.417. The van der Waals surface area contributed by atoms with Gasteiger partial charge >= 0.3 is 5.97 Å². The molecule has 0 aromatic heterocycles. The lowest BCUT2D eigenvalue weighted by atomic mass is 10.2. The van der Waals surface area contributed by atoms with Crippen LogP contribution in [0.1, 0.15) is 24.2 Å². The Balaban J connectivity index is 3.05. The van der Waals surface area contributed by atoms with Gasteiger partial charge in [0.25, 0.3) is 0 Å². The highest BCUT2D eigenvalue weighted by Crippen LogP contribution is 2.25. The van der Waals surface area contributed by atoms with E-state index in [9.17, 15) is 4.79 Å². The third-order valence-corrected chi connectivity index (χ3v) is 2.62. The molecule has 0 bridgehead atoms. The number of hydrogen-bond acceptors (Lipinski definition) is 4. The van der Waals surface area contributed by atoms with E-state index in [1.54, 1.807) is 23.9 Å². The lowest BCUT2D eigenvalue weighted by Crippen LogP contribution is -2.07. The van der Waals surface area contributed by atoms with Gasteiger partial charge in [-0.2, -0.15) is 0 Å². The molecule has 4 heteroatoms. The van der Waals surface area contributed by atoms with Crippen LogP contribution >= 0.6 is 11.8 Å². The molecule has 0 saturated carbocycles. The fourth-order valence-electron chi connectivity index (χ4n) is 1.27. The minimum Gasteiger partial charge on any atom is -0.491 e. The van der Waals surface area contributed by atoms with Crippen molar-refractivity contribution in [1.29, 1.82) is 0 Å². The van der Waals surface area contributed by atoms with Crippen molar-refractivity contribution in [3.8, 4) is 5.75 Å². The molecule has 0 aliphatic heterocycles. The number of thioether (sulfide) groups is 1. The van der Waals surface area contributed by atoms with Gasteiger partial charge < -0.3 is 9.47 Å². The van der Waals surface area contributed by atoms with Crippen molar-refractivity contribution in [2.45, 2.75) is 24.8 Å². The van der Waals surface area contributed by atoms with Crippen molar-refractivity contribution in [2.75, 3.05) is 13.4 Å². The van der Waals surface area contributed by atoms with Gasteiger partial charge in [-0.25, -0.2) is 4.79 Å². The maximum atomic E-state index is 11.4. The van der Waals surface area contributed by atoms with Crippen LogP contribution in [0.25, 0.3) is 0 Å². The molecule has 16 heavy (non-hydrogen) atoms. The Morgan fingerprint density at radius 1 is 1.31 bits per heavy atom. The van der Waals surface area contributed by atoms with E-state index in [0.717, 1.165) is 4.90 Å². The summed E-state index contributed by atoms with van der Waals surface area (Å²) in [4.78, 5) is 12.4. The average Bonchev–Trinajstić information content (AvgIpc) is 2.26. The van der Waals surface area contributed by atoms with Crippen molar-refractivity contribution in [1.82, 2.24) is 0 Å². The monoisotopic (exact) mass is 240 g/mol. The molecular formula is C12H16O3S. The van der Waals surface area contributed by atoms with E-state index in [0.29, 0.717) is 11.3 Å². The van der Waals surface area contributed by atoms with E-state index in [-0.39, 0.29) is 12.1 Å². The molecule has 3 nitrogen and oxygen atoms in total. The number of benzene rings is 1. The van der Waals surface area contributed by atoms with Crippen molar-refractivity contribution >= 4 is 17.7 Å². The first-order chi connectivity index (χ1) is 7.56. The maximum absolute atomic E-state index is 11.4. The zero-order chi connectivity index (χ0) is 12.1. The first kappa shape index (κ1) is 12.9. The lowest BCUT2D eigenvalue weighted by Gasteiger charge is -2.12. The number of methoxy groups -OCH3 is 1. The Morgan fingerprint density at radius 3 is 2.50 bits per heavy atom. The van der Waals surface area contributed by atoms with E-state index in [2.05, 4.69) is 0 Å². The number of carbonyl (C=O) groups excluding carboxylic acids is 1. The quantitative estimate of drug-likeness (QED) is 0.598. The first-order valence-corrected chi connectivity index (χ1v) is 6.23. The van der Waals surface area contributed by atoms with E-state index in [1.807, 2.05) is 26.2 Å². The molecule has 0 heterocycles. The Bertz CT molecular complexity index is 375. The van der Waals surface area contributed by atoms with Crippen LogP contribution in [-0.2, 0) is 4.74 Å². The molecule has 0 unspecified atom stereocenters. The van der Waals surface area contributed by atoms with Gasteiger partial charge in [0.15, 0.2) is 0 Å². The van der Waals surface area contributed by atoms with Gasteiger partial charge in [0.2, 0.25) is 0 Å². The van der Waals surface area contributed by atoms with Crippen molar-refractivity contribution in [2.24, 2.45) is 0 Å². The second-order valence-corrected chi connectivity index (χ2v) is 4.44. The van der Waals surface area contributed by atoms with Crippen LogP contribution in [-0.4, -0.2) is 25.4 Å². The van der Waals surface area contributed by atoms with Crippen LogP contribution in [0, 0.1) is 0 Å². The topological polar surface area (TPSA) is 35.5 Å². The fourth-order valence-corrected chi connectivity index (χ4v) is 1.74. The van der Waals surface area contributed by atoms with Gasteiger partial charge in [-0.1, -0.05) is 0 Å². The van der Waals surface area contributed by atoms with E-state index in [1.165, 1.54) is 7.11 Å². The molecule has 0 aliphatic rings. The molecule has 0 aliphatic carbocycles. The maximum Gasteiger partial charge on any atom is 0.338 e. The summed E-state index contributed by atoms with van der Waals surface area (Å²) in [5, 5.41) is 0. The van der Waals surface area contributed by atoms with E-state index < -0.39 is 0 Å². The van der Waals surface area contributed by atoms with Gasteiger partial charge in [-0.15, -0.1) is 11.8 Å². The predicted octanol–water partition coefficient (Wildman–Crippen LogP) is 2.98. The standard InChI is InChI=1S/C12H16O3S/c1-8(2)15-10-5-9(12(13)14-3)6-11(7-10)16-4/h5-8H,1-4H3. The van der Waals surface area contributed by atoms with Crippen molar-refractivity contribution < 1.29 is 14.3 Å². The minimum absolute atomic E-state index is 0.0857. The summed E-state index contributed by atoms with van der Waals surface area (Å²) in [5.41, 5.74) is 0.519. The second kappa shape index (κ2) is 5.80. The Kier molecular flexibility index (Phi) is 4.68. The van der Waals surface area contributed by atoms with Crippen LogP contribution in [0.3, 0.4) is 0 Å². The van der Waals surface area contributed by atoms with Crippen molar-refractivity contribution in [3.05, 3.63) is 23.8 Å². The van der Waals surface area contributed by atoms with Crippen LogP contribution in [0.5, 0.6) is 5.75 Å². The largest absolute Gasteiger partial charge is 0.491 e. The third-order valence-electron chi connectivity index (χ3n) is 1.91. The summed E-state index contributed by atoms with van der Waals surface area (Å²) in [6.45, 7) is 3.90. The number of carbonyl (C=O) groups is 1. The molecule has 0 saturated heterocycles. The van der Waals surface area contributed by atoms with Crippen LogP contribution in [0.4, 0.5) is 0 Å². The zero-order valence-electron chi connectivity index (χ0n) is 9.94. The normalized spacial score (nSPS) is 10.3. The second-order valence-electron chi connectivity index (χ2n) is 3.56. The summed E-state index contributed by atoms with van der Waals surface area (Å²) in [5.74, 6) is 0.353. The summed E-state index contributed by atoms with van der Waals surface area (Å²) >= 11 is 1.56. The smallest absolute Gasteiger partial charge is 0.338 e. The average molecular weight is 240 g/mol. The number of esters is 1. The SMILES string of the molecule is COC(=O)c1cc(OC(C)C)cc(SC)c1. The Morgan fingerprint density at radius 2 is 2.00 bits per heavy atom. The van der Waals surface area contributed by atoms with E-state index >= 15 is 0 Å². The van der Waals surface area contributed by atoms with Gasteiger partial charge in [0.05, 0.1) is 18.8 Å². The van der Waals surface area contributed by atoms with Crippen LogP contribution in [0.2, 0.25) is 0 Å². The number of rotatable bonds is 4. The van der Waals surface area contributed by atoms with Crippen LogP contribution < -0.4 is 4.74 Å². The summed E-state index contributed by atoms with van der Waals surface area (Å²) < 4.78 is 10.3. The highest BCUT2D eigenvalue weighted by Gasteiger charge is 2.10. The third kappa shape index (κ3) is 3.45. The molecule has 1 rings (SSSR count). The molecule has 1 aromatic carbocycles. The minimum atomic E-state index is -0.343. The van der Waals surface area contributed by atoms with Crippen molar-refractivity contribution in [3.63, 3.8) is 0 Å². The van der Waals surface area contributed by atoms with Gasteiger partial charge in [0, 0.05) is 4.90 Å². The number of hydrogen-bond donors (Lipinski definition) is 0. The van der Waals surface area contributed by atoms with E-state index in [4.69, 9.17) is 9.47 Å². The van der Waals surface area contributed by atoms with Gasteiger partial charge in [-0.05, 0) is 38.3 Å². The number of ether oxygens (including phenoxy) is 2. The molecule has 0 spiro atoms. The molecule has 0 radical (unpaired) electrons. The molecule has 1 aromatic rings. The Hall–Kier alpha value is -1.16. The molecule has 88 valence electrons. The molecular weight excluding hydrogens is 224 g/mol. The highest BCUT2D eigenvalue weighted by atomic mass is 32.2. The molecule has 0 atom stereocenters. The Labute approximate surface area is 100 Å². The highest BCUT2D eigenvalue weighted by molar-refractivity contribution is 7.98. The molecule has 0 amide bonds. The zero-order valence-corrected chi connectivity index (χ0v) is 10.8. The summed E-state index contributed by atoms with van der Waals surface area (Å²) in [6.07, 6.45) is 2.04. The predicted molar refractivity (Wildman–Crippen MR) is 65.3 cm³/mol. The summed E-state index contributed by atoms with van der Waals surface area (Å²) in [6, 6.07) is 5.41. The van der Waals surface area contributed by atoms with Crippen LogP contribution in [0.15, 0.2) is 23.1 Å². The lowest BCUT2D eigenvalue weighted by molar-refractivity contribution is 0.0599. The molecule has 0 N–H and O–H groups in total. The van der Waals surface area contributed by atoms with Gasteiger partial charge in [-0.3, -0.25) is 0 Å². The first-order valence-electron chi connectivity index (χ1n) is 5.01. The molecule has 0 fully saturated rings. The van der Waals surface area contributed by atoms with Gasteiger partial charge in [0.1, 0.15) is 5.75 Å². The summed E-state index contributed by atoms with van der Waals surface area (Å²) in [7, 11) is 1.37.